The van der Waals surface area contributed by atoms with Crippen molar-refractivity contribution in [3.8, 4) is 0 Å². The van der Waals surface area contributed by atoms with E-state index in [1.165, 1.54) is 10.1 Å². The van der Waals surface area contributed by atoms with Crippen molar-refractivity contribution in [3.05, 3.63) is 100.0 Å². The van der Waals surface area contributed by atoms with Crippen molar-refractivity contribution in [1.29, 1.82) is 0 Å². The maximum atomic E-state index is 13.3. The van der Waals surface area contributed by atoms with Crippen LogP contribution in [0.2, 0.25) is 0 Å². The molecule has 2 aromatic carbocycles. The average Bonchev–Trinajstić information content (AvgIpc) is 2.83. The molecule has 0 aliphatic carbocycles. The van der Waals surface area contributed by atoms with E-state index in [4.69, 9.17) is 0 Å². The Bertz CT molecular complexity index is 1120. The molecule has 5 nitrogen and oxygen atoms in total. The number of carbonyl (C=O) groups is 2. The van der Waals surface area contributed by atoms with E-state index in [9.17, 15) is 14.4 Å². The average molecular weight is 445 g/mol. The Morgan fingerprint density at radius 3 is 2.18 bits per heavy atom. The van der Waals surface area contributed by atoms with Crippen LogP contribution in [0.1, 0.15) is 49.9 Å². The number of amides is 1. The zero-order valence-corrected chi connectivity index (χ0v) is 19.4. The fraction of sp³-hybridized carbons (Fsp3) is 0.321. The van der Waals surface area contributed by atoms with Gasteiger partial charge in [0.25, 0.3) is 5.56 Å². The van der Waals surface area contributed by atoms with E-state index >= 15 is 0 Å². The van der Waals surface area contributed by atoms with E-state index in [0.29, 0.717) is 19.3 Å². The van der Waals surface area contributed by atoms with Crippen molar-refractivity contribution in [3.63, 3.8) is 0 Å². The molecule has 0 spiro atoms. The lowest BCUT2D eigenvalue weighted by Crippen LogP contribution is -2.32. The lowest BCUT2D eigenvalue weighted by Gasteiger charge is -2.16. The fourth-order valence-corrected chi connectivity index (χ4v) is 3.68. The molecule has 0 saturated carbocycles. The molecule has 1 N–H and O–H groups in total. The van der Waals surface area contributed by atoms with Gasteiger partial charge in [-0.05, 0) is 42.5 Å². The number of benzene rings is 2. The van der Waals surface area contributed by atoms with Crippen LogP contribution in [0.15, 0.2) is 77.6 Å². The van der Waals surface area contributed by atoms with Gasteiger partial charge in [0.1, 0.15) is 5.69 Å². The number of Topliss-reactive ketones (excluding diaryl/α,β-unsaturated/α-hetero) is 1. The van der Waals surface area contributed by atoms with Crippen LogP contribution in [0.4, 0.5) is 5.69 Å². The highest BCUT2D eigenvalue weighted by Crippen LogP contribution is 2.13. The molecule has 1 aromatic heterocycles. The Hall–Kier alpha value is -3.47. The fourth-order valence-electron chi connectivity index (χ4n) is 3.68. The Morgan fingerprint density at radius 1 is 0.909 bits per heavy atom. The summed E-state index contributed by atoms with van der Waals surface area (Å²) in [5.74, 6) is -0.375. The van der Waals surface area contributed by atoms with Crippen LogP contribution in [0, 0.1) is 5.92 Å². The van der Waals surface area contributed by atoms with Crippen LogP contribution in [0.25, 0.3) is 0 Å². The molecule has 0 fully saturated rings. The molecule has 33 heavy (non-hydrogen) atoms. The van der Waals surface area contributed by atoms with E-state index in [2.05, 4.69) is 17.4 Å². The largest absolute Gasteiger partial charge is 0.321 e. The van der Waals surface area contributed by atoms with Gasteiger partial charge in [-0.2, -0.15) is 0 Å². The van der Waals surface area contributed by atoms with Crippen LogP contribution in [-0.2, 0) is 29.0 Å². The van der Waals surface area contributed by atoms with Crippen molar-refractivity contribution in [2.24, 2.45) is 5.92 Å². The molecule has 5 heteroatoms. The number of anilines is 1. The summed E-state index contributed by atoms with van der Waals surface area (Å²) in [4.78, 5) is 38.4. The summed E-state index contributed by atoms with van der Waals surface area (Å²) in [5.41, 5.74) is 2.88. The smallest absolute Gasteiger partial charge is 0.274 e. The first kappa shape index (κ1) is 24.2. The first-order chi connectivity index (χ1) is 16.0. The first-order valence-corrected chi connectivity index (χ1v) is 11.6. The van der Waals surface area contributed by atoms with E-state index in [-0.39, 0.29) is 35.4 Å². The number of ketones is 1. The monoisotopic (exact) mass is 444 g/mol. The molecule has 3 rings (SSSR count). The zero-order valence-electron chi connectivity index (χ0n) is 19.4. The number of aromatic nitrogens is 1. The second-order valence-electron chi connectivity index (χ2n) is 8.47. The molecule has 1 heterocycles. The van der Waals surface area contributed by atoms with Gasteiger partial charge in [-0.25, -0.2) is 0 Å². The number of nitrogens with zero attached hydrogens (tertiary/aromatic N) is 1. The Kier molecular flexibility index (Phi) is 8.76. The van der Waals surface area contributed by atoms with Crippen molar-refractivity contribution in [2.75, 3.05) is 5.32 Å². The Morgan fingerprint density at radius 2 is 1.55 bits per heavy atom. The van der Waals surface area contributed by atoms with Gasteiger partial charge in [0.15, 0.2) is 5.78 Å². The molecule has 0 radical (unpaired) electrons. The summed E-state index contributed by atoms with van der Waals surface area (Å²) in [6.45, 7) is 3.76. The lowest BCUT2D eigenvalue weighted by molar-refractivity contribution is -0.120. The summed E-state index contributed by atoms with van der Waals surface area (Å²) in [6.07, 6.45) is 3.17. The molecule has 3 aromatic rings. The molecule has 0 aliphatic heterocycles. The van der Waals surface area contributed by atoms with Gasteiger partial charge in [0.2, 0.25) is 5.91 Å². The van der Waals surface area contributed by atoms with Crippen LogP contribution in [0.5, 0.6) is 0 Å². The molecule has 172 valence electrons. The summed E-state index contributed by atoms with van der Waals surface area (Å²) in [5, 5.41) is 2.75. The maximum Gasteiger partial charge on any atom is 0.274 e. The number of hydrogen-bond donors (Lipinski definition) is 1. The van der Waals surface area contributed by atoms with Gasteiger partial charge in [-0.15, -0.1) is 0 Å². The standard InChI is InChI=1S/C28H32N2O3/c1-3-21(2)27(32)29-26-18-17-24(19-23-13-8-5-9-14-23)30(28(26)33)20-25(31)16-10-15-22-11-6-4-7-12-22/h4-9,11-14,17-18,21H,3,10,15-16,19-20H2,1-2H3,(H,29,32)/t21-/m1/s1. The topological polar surface area (TPSA) is 68.2 Å². The number of rotatable bonds is 11. The van der Waals surface area contributed by atoms with Crippen molar-refractivity contribution in [1.82, 2.24) is 4.57 Å². The second kappa shape index (κ2) is 12.0. The third-order valence-corrected chi connectivity index (χ3v) is 5.91. The predicted molar refractivity (Wildman–Crippen MR) is 132 cm³/mol. The van der Waals surface area contributed by atoms with Gasteiger partial charge in [0.05, 0.1) is 6.54 Å². The summed E-state index contributed by atoms with van der Waals surface area (Å²) >= 11 is 0. The lowest BCUT2D eigenvalue weighted by atomic mass is 10.1. The van der Waals surface area contributed by atoms with Crippen LogP contribution < -0.4 is 10.9 Å². The zero-order chi connectivity index (χ0) is 23.6. The van der Waals surface area contributed by atoms with Gasteiger partial charge < -0.3 is 9.88 Å². The van der Waals surface area contributed by atoms with E-state index in [1.54, 1.807) is 6.07 Å². The van der Waals surface area contributed by atoms with E-state index < -0.39 is 0 Å². The molecule has 0 unspecified atom stereocenters. The summed E-state index contributed by atoms with van der Waals surface area (Å²) < 4.78 is 1.52. The van der Waals surface area contributed by atoms with Crippen molar-refractivity contribution < 1.29 is 9.59 Å². The number of hydrogen-bond acceptors (Lipinski definition) is 3. The maximum absolute atomic E-state index is 13.3. The Balaban J connectivity index is 1.78. The molecule has 0 saturated heterocycles. The predicted octanol–water partition coefficient (Wildman–Crippen LogP) is 5.02. The minimum absolute atomic E-state index is 0.00281. The third kappa shape index (κ3) is 7.01. The molecule has 0 bridgehead atoms. The molecule has 1 atom stereocenters. The highest BCUT2D eigenvalue weighted by molar-refractivity contribution is 5.92. The number of nitrogens with one attached hydrogen (secondary N) is 1. The highest BCUT2D eigenvalue weighted by atomic mass is 16.2. The van der Waals surface area contributed by atoms with Gasteiger partial charge in [0, 0.05) is 24.5 Å². The van der Waals surface area contributed by atoms with Crippen LogP contribution >= 0.6 is 0 Å². The van der Waals surface area contributed by atoms with Crippen LogP contribution in [-0.4, -0.2) is 16.3 Å². The highest BCUT2D eigenvalue weighted by Gasteiger charge is 2.17. The second-order valence-corrected chi connectivity index (χ2v) is 8.47. The first-order valence-electron chi connectivity index (χ1n) is 11.6. The third-order valence-electron chi connectivity index (χ3n) is 5.91. The quantitative estimate of drug-likeness (QED) is 0.452. The summed E-state index contributed by atoms with van der Waals surface area (Å²) in [6, 6.07) is 23.4. The van der Waals surface area contributed by atoms with Crippen LogP contribution in [0.3, 0.4) is 0 Å². The van der Waals surface area contributed by atoms with Gasteiger partial charge in [-0.1, -0.05) is 74.5 Å². The SMILES string of the molecule is CC[C@@H](C)C(=O)Nc1ccc(Cc2ccccc2)n(CC(=O)CCCc2ccccc2)c1=O. The van der Waals surface area contributed by atoms with Gasteiger partial charge in [-0.3, -0.25) is 14.4 Å². The molecule has 0 aliphatic rings. The normalized spacial score (nSPS) is 11.7. The molecule has 1 amide bonds. The minimum atomic E-state index is -0.337. The van der Waals surface area contributed by atoms with E-state index in [1.807, 2.05) is 68.4 Å². The summed E-state index contributed by atoms with van der Waals surface area (Å²) in [7, 11) is 0. The van der Waals surface area contributed by atoms with E-state index in [0.717, 1.165) is 24.1 Å². The number of pyridine rings is 1. The minimum Gasteiger partial charge on any atom is -0.321 e. The van der Waals surface area contributed by atoms with Crippen molar-refractivity contribution in [2.45, 2.75) is 52.5 Å². The number of aryl methyl sites for hydroxylation is 1. The van der Waals surface area contributed by atoms with Crippen molar-refractivity contribution >= 4 is 17.4 Å². The number of carbonyl (C=O) groups excluding carboxylic acids is 2. The Labute approximate surface area is 195 Å². The molecular formula is C28H32N2O3. The van der Waals surface area contributed by atoms with Gasteiger partial charge >= 0.3 is 0 Å². The molecular weight excluding hydrogens is 412 g/mol.